The van der Waals surface area contributed by atoms with Crippen molar-refractivity contribution in [1.29, 1.82) is 0 Å². The fourth-order valence-corrected chi connectivity index (χ4v) is 3.06. The van der Waals surface area contributed by atoms with E-state index in [-0.39, 0.29) is 0 Å². The molecular weight excluding hydrogens is 262 g/mol. The molecule has 2 aliphatic carbocycles. The van der Waals surface area contributed by atoms with Crippen molar-refractivity contribution in [2.24, 2.45) is 0 Å². The Kier molecular flexibility index (Phi) is 5.02. The molecule has 0 radical (unpaired) electrons. The molecule has 2 saturated carbocycles. The summed E-state index contributed by atoms with van der Waals surface area (Å²) in [4.78, 5) is 0. The molecule has 0 amide bonds. The van der Waals surface area contributed by atoms with Gasteiger partial charge in [0.1, 0.15) is 0 Å². The molecule has 0 spiro atoms. The molecule has 1 aromatic rings. The van der Waals surface area contributed by atoms with Gasteiger partial charge in [-0.25, -0.2) is 0 Å². The smallest absolute Gasteiger partial charge is 0.166 e. The second-order valence-corrected chi connectivity index (χ2v) is 6.34. The molecule has 0 unspecified atom stereocenters. The van der Waals surface area contributed by atoms with Crippen molar-refractivity contribution in [3.8, 4) is 11.5 Å². The van der Waals surface area contributed by atoms with Crippen molar-refractivity contribution >= 4 is 0 Å². The largest absolute Gasteiger partial charge is 0.493 e. The predicted octanol–water partition coefficient (Wildman–Crippen LogP) is 4.05. The van der Waals surface area contributed by atoms with Crippen molar-refractivity contribution in [2.45, 2.75) is 70.1 Å². The highest BCUT2D eigenvalue weighted by Crippen LogP contribution is 2.34. The van der Waals surface area contributed by atoms with Crippen molar-refractivity contribution in [2.75, 3.05) is 7.11 Å². The van der Waals surface area contributed by atoms with E-state index in [9.17, 15) is 0 Å². The third kappa shape index (κ3) is 4.13. The molecule has 0 atom stereocenters. The first-order valence-corrected chi connectivity index (χ1v) is 8.42. The van der Waals surface area contributed by atoms with Crippen LogP contribution in [0.5, 0.6) is 11.5 Å². The maximum absolute atomic E-state index is 6.38. The molecule has 0 aliphatic heterocycles. The second kappa shape index (κ2) is 7.17. The molecule has 0 heterocycles. The van der Waals surface area contributed by atoms with Crippen LogP contribution in [0.15, 0.2) is 18.2 Å². The lowest BCUT2D eigenvalue weighted by atomic mass is 10.1. The molecule has 2 aliphatic rings. The molecule has 0 aromatic heterocycles. The highest BCUT2D eigenvalue weighted by atomic mass is 16.5. The van der Waals surface area contributed by atoms with Gasteiger partial charge in [-0.05, 0) is 44.6 Å². The van der Waals surface area contributed by atoms with Crippen LogP contribution in [0.25, 0.3) is 0 Å². The van der Waals surface area contributed by atoms with Gasteiger partial charge in [-0.1, -0.05) is 25.0 Å². The zero-order valence-corrected chi connectivity index (χ0v) is 13.1. The van der Waals surface area contributed by atoms with Gasteiger partial charge in [-0.3, -0.25) is 0 Å². The molecule has 116 valence electrons. The van der Waals surface area contributed by atoms with Crippen LogP contribution >= 0.6 is 0 Å². The van der Waals surface area contributed by atoms with E-state index in [0.717, 1.165) is 18.0 Å². The van der Waals surface area contributed by atoms with Crippen LogP contribution in [0, 0.1) is 0 Å². The van der Waals surface area contributed by atoms with E-state index >= 15 is 0 Å². The molecule has 21 heavy (non-hydrogen) atoms. The van der Waals surface area contributed by atoms with E-state index in [4.69, 9.17) is 9.47 Å². The van der Waals surface area contributed by atoms with Gasteiger partial charge in [0.25, 0.3) is 0 Å². The highest BCUT2D eigenvalue weighted by Gasteiger charge is 2.22. The SMILES string of the molecule is COc1cccc(CNC2CC2)c1OC1CCCCCC1. The molecule has 3 heteroatoms. The van der Waals surface area contributed by atoms with Crippen molar-refractivity contribution in [3.63, 3.8) is 0 Å². The van der Waals surface area contributed by atoms with Crippen LogP contribution in [0.4, 0.5) is 0 Å². The quantitative estimate of drug-likeness (QED) is 0.801. The molecule has 0 bridgehead atoms. The normalized spacial score (nSPS) is 20.0. The van der Waals surface area contributed by atoms with Crippen LogP contribution in [0.3, 0.4) is 0 Å². The molecule has 1 N–H and O–H groups in total. The Morgan fingerprint density at radius 3 is 2.48 bits per heavy atom. The van der Waals surface area contributed by atoms with Gasteiger partial charge < -0.3 is 14.8 Å². The summed E-state index contributed by atoms with van der Waals surface area (Å²) in [6.07, 6.45) is 10.6. The van der Waals surface area contributed by atoms with Gasteiger partial charge in [0.15, 0.2) is 11.5 Å². The molecule has 3 rings (SSSR count). The summed E-state index contributed by atoms with van der Waals surface area (Å²) in [6, 6.07) is 6.93. The van der Waals surface area contributed by atoms with Crippen LogP contribution in [-0.4, -0.2) is 19.3 Å². The number of benzene rings is 1. The maximum atomic E-state index is 6.38. The molecule has 2 fully saturated rings. The lowest BCUT2D eigenvalue weighted by Crippen LogP contribution is -2.20. The predicted molar refractivity (Wildman–Crippen MR) is 85.0 cm³/mol. The van der Waals surface area contributed by atoms with Crippen molar-refractivity contribution < 1.29 is 9.47 Å². The van der Waals surface area contributed by atoms with Gasteiger partial charge >= 0.3 is 0 Å². The van der Waals surface area contributed by atoms with Gasteiger partial charge in [0.05, 0.1) is 13.2 Å². The van der Waals surface area contributed by atoms with Gasteiger partial charge in [0, 0.05) is 18.2 Å². The Balaban J connectivity index is 1.72. The number of hydrogen-bond acceptors (Lipinski definition) is 3. The Morgan fingerprint density at radius 1 is 1.05 bits per heavy atom. The monoisotopic (exact) mass is 289 g/mol. The number of para-hydroxylation sites is 1. The van der Waals surface area contributed by atoms with E-state index in [1.807, 2.05) is 6.07 Å². The summed E-state index contributed by atoms with van der Waals surface area (Å²) in [6.45, 7) is 0.879. The first kappa shape index (κ1) is 14.7. The first-order valence-electron chi connectivity index (χ1n) is 8.42. The fraction of sp³-hybridized carbons (Fsp3) is 0.667. The van der Waals surface area contributed by atoms with E-state index in [1.54, 1.807) is 7.11 Å². The Bertz CT molecular complexity index is 449. The zero-order chi connectivity index (χ0) is 14.5. The molecular formula is C18H27NO2. The number of ether oxygens (including phenoxy) is 2. The third-order valence-corrected chi connectivity index (χ3v) is 4.53. The number of nitrogens with one attached hydrogen (secondary N) is 1. The van der Waals surface area contributed by atoms with Crippen molar-refractivity contribution in [1.82, 2.24) is 5.32 Å². The summed E-state index contributed by atoms with van der Waals surface area (Å²) >= 11 is 0. The summed E-state index contributed by atoms with van der Waals surface area (Å²) < 4.78 is 11.9. The summed E-state index contributed by atoms with van der Waals surface area (Å²) in [5, 5.41) is 3.58. The lowest BCUT2D eigenvalue weighted by Gasteiger charge is -2.21. The van der Waals surface area contributed by atoms with Gasteiger partial charge in [-0.15, -0.1) is 0 Å². The zero-order valence-electron chi connectivity index (χ0n) is 13.1. The molecule has 1 aromatic carbocycles. The third-order valence-electron chi connectivity index (χ3n) is 4.53. The molecule has 3 nitrogen and oxygen atoms in total. The summed E-state index contributed by atoms with van der Waals surface area (Å²) in [5.74, 6) is 1.83. The topological polar surface area (TPSA) is 30.5 Å². The van der Waals surface area contributed by atoms with Crippen LogP contribution in [0.2, 0.25) is 0 Å². The second-order valence-electron chi connectivity index (χ2n) is 6.34. The first-order chi connectivity index (χ1) is 10.4. The highest BCUT2D eigenvalue weighted by molar-refractivity contribution is 5.46. The number of rotatable bonds is 6. The number of methoxy groups -OCH3 is 1. The van der Waals surface area contributed by atoms with Gasteiger partial charge in [-0.2, -0.15) is 0 Å². The minimum atomic E-state index is 0.350. The Labute approximate surface area is 128 Å². The standard InChI is InChI=1S/C18H27NO2/c1-20-17-10-6-7-14(13-19-15-11-12-15)18(17)21-16-8-4-2-3-5-9-16/h6-7,10,15-16,19H,2-5,8-9,11-13H2,1H3. The van der Waals surface area contributed by atoms with Crippen LogP contribution < -0.4 is 14.8 Å². The van der Waals surface area contributed by atoms with E-state index in [2.05, 4.69) is 17.4 Å². The van der Waals surface area contributed by atoms with Gasteiger partial charge in [0.2, 0.25) is 0 Å². The van der Waals surface area contributed by atoms with Crippen molar-refractivity contribution in [3.05, 3.63) is 23.8 Å². The minimum Gasteiger partial charge on any atom is -0.493 e. The van der Waals surface area contributed by atoms with E-state index in [0.29, 0.717) is 12.1 Å². The average molecular weight is 289 g/mol. The minimum absolute atomic E-state index is 0.350. The molecule has 0 saturated heterocycles. The lowest BCUT2D eigenvalue weighted by molar-refractivity contribution is 0.174. The van der Waals surface area contributed by atoms with Crippen LogP contribution in [-0.2, 0) is 6.54 Å². The van der Waals surface area contributed by atoms with Crippen LogP contribution in [0.1, 0.15) is 56.9 Å². The van der Waals surface area contributed by atoms with E-state index in [1.165, 1.54) is 56.9 Å². The fourth-order valence-electron chi connectivity index (χ4n) is 3.06. The van der Waals surface area contributed by atoms with E-state index < -0.39 is 0 Å². The Morgan fingerprint density at radius 2 is 1.81 bits per heavy atom. The maximum Gasteiger partial charge on any atom is 0.166 e. The summed E-state index contributed by atoms with van der Waals surface area (Å²) in [5.41, 5.74) is 1.23. The Hall–Kier alpha value is -1.22. The average Bonchev–Trinajstić information content (AvgIpc) is 3.33. The number of hydrogen-bond donors (Lipinski definition) is 1. The summed E-state index contributed by atoms with van der Waals surface area (Å²) in [7, 11) is 1.73.